The number of benzene rings is 1. The van der Waals surface area contributed by atoms with E-state index >= 15 is 0 Å². The molecule has 0 saturated heterocycles. The average Bonchev–Trinajstić information content (AvgIpc) is 2.61. The summed E-state index contributed by atoms with van der Waals surface area (Å²) >= 11 is 0. The first kappa shape index (κ1) is 24.1. The number of halogens is 6. The van der Waals surface area contributed by atoms with Gasteiger partial charge in [0.2, 0.25) is 0 Å². The molecule has 0 bridgehead atoms. The summed E-state index contributed by atoms with van der Waals surface area (Å²) in [6.07, 6.45) is -6.78. The van der Waals surface area contributed by atoms with Crippen LogP contribution in [0.4, 0.5) is 26.3 Å². The van der Waals surface area contributed by atoms with Crippen LogP contribution in [0.2, 0.25) is 0 Å². The summed E-state index contributed by atoms with van der Waals surface area (Å²) in [4.78, 5) is 23.1. The molecule has 0 unspecified atom stereocenters. The Hall–Kier alpha value is -2.98. The third-order valence-electron chi connectivity index (χ3n) is 3.35. The molecule has 0 aliphatic carbocycles. The minimum Gasteiger partial charge on any atom is -0.493 e. The van der Waals surface area contributed by atoms with Gasteiger partial charge in [0.25, 0.3) is 5.91 Å². The molecule has 0 heterocycles. The number of hydrogen-bond acceptors (Lipinski definition) is 4. The zero-order chi connectivity index (χ0) is 22.1. The van der Waals surface area contributed by atoms with Crippen molar-refractivity contribution in [2.75, 3.05) is 13.7 Å². The van der Waals surface area contributed by atoms with Crippen LogP contribution in [-0.2, 0) is 11.0 Å². The molecule has 0 aromatic heterocycles. The van der Waals surface area contributed by atoms with Crippen LogP contribution in [0.1, 0.15) is 28.8 Å². The van der Waals surface area contributed by atoms with Gasteiger partial charge >= 0.3 is 12.4 Å². The number of amides is 1. The minimum atomic E-state index is -4.75. The van der Waals surface area contributed by atoms with E-state index in [-0.39, 0.29) is 11.4 Å². The molecule has 1 aromatic rings. The maximum Gasteiger partial charge on any atom is 0.416 e. The van der Waals surface area contributed by atoms with Gasteiger partial charge in [-0.3, -0.25) is 9.59 Å². The zero-order valence-electron chi connectivity index (χ0n) is 15.2. The van der Waals surface area contributed by atoms with Crippen molar-refractivity contribution in [2.24, 2.45) is 0 Å². The first-order chi connectivity index (χ1) is 13.5. The van der Waals surface area contributed by atoms with Crippen molar-refractivity contribution in [1.29, 1.82) is 0 Å². The Kier molecular flexibility index (Phi) is 8.74. The van der Waals surface area contributed by atoms with Crippen LogP contribution in [0, 0.1) is 0 Å². The van der Waals surface area contributed by atoms with E-state index in [4.69, 9.17) is 4.74 Å². The van der Waals surface area contributed by atoms with E-state index in [1.54, 1.807) is 0 Å². The smallest absolute Gasteiger partial charge is 0.416 e. The third-order valence-corrected chi connectivity index (χ3v) is 3.35. The lowest BCUT2D eigenvalue weighted by atomic mass is 10.1. The van der Waals surface area contributed by atoms with Crippen molar-refractivity contribution < 1.29 is 40.7 Å². The highest BCUT2D eigenvalue weighted by Gasteiger charge is 2.32. The van der Waals surface area contributed by atoms with Crippen molar-refractivity contribution in [3.05, 3.63) is 53.4 Å². The van der Waals surface area contributed by atoms with E-state index in [0.717, 1.165) is 12.1 Å². The number of rotatable bonds is 9. The number of ether oxygens (including phenoxy) is 1. The van der Waals surface area contributed by atoms with Crippen molar-refractivity contribution in [3.63, 3.8) is 0 Å². The summed E-state index contributed by atoms with van der Waals surface area (Å²) in [7, 11) is 1.54. The maximum atomic E-state index is 13.0. The number of carbonyl (C=O) groups is 2. The van der Waals surface area contributed by atoms with Gasteiger partial charge in [0, 0.05) is 25.2 Å². The summed E-state index contributed by atoms with van der Waals surface area (Å²) in [6, 6.07) is 2.03. The summed E-state index contributed by atoms with van der Waals surface area (Å²) in [6.45, 7) is -0.457. The monoisotopic (exact) mass is 424 g/mol. The molecule has 11 heteroatoms. The summed E-state index contributed by atoms with van der Waals surface area (Å²) < 4.78 is 80.6. The summed E-state index contributed by atoms with van der Waals surface area (Å²) in [5.41, 5.74) is -1.71. The fourth-order valence-electron chi connectivity index (χ4n) is 2.05. The van der Waals surface area contributed by atoms with Crippen LogP contribution in [0.25, 0.3) is 0 Å². The molecule has 0 aliphatic heterocycles. The van der Waals surface area contributed by atoms with Crippen LogP contribution in [0.5, 0.6) is 5.75 Å². The number of alkyl halides is 6. The normalized spacial score (nSPS) is 12.7. The highest BCUT2D eigenvalue weighted by atomic mass is 19.4. The van der Waals surface area contributed by atoms with Gasteiger partial charge in [-0.1, -0.05) is 0 Å². The molecular formula is C18H18F6N2O3. The van der Waals surface area contributed by atoms with Gasteiger partial charge in [0.1, 0.15) is 12.0 Å². The number of nitrogens with one attached hydrogen (secondary N) is 2. The molecule has 1 rings (SSSR count). The third kappa shape index (κ3) is 8.71. The molecule has 0 aliphatic rings. The van der Waals surface area contributed by atoms with E-state index in [0.29, 0.717) is 18.4 Å². The highest BCUT2D eigenvalue weighted by Crippen LogP contribution is 2.33. The van der Waals surface area contributed by atoms with Crippen LogP contribution in [-0.4, -0.2) is 32.0 Å². The van der Waals surface area contributed by atoms with Crippen molar-refractivity contribution in [3.8, 4) is 5.75 Å². The summed E-state index contributed by atoms with van der Waals surface area (Å²) in [5, 5.41) is 4.84. The van der Waals surface area contributed by atoms with Gasteiger partial charge in [-0.25, -0.2) is 0 Å². The zero-order valence-corrected chi connectivity index (χ0v) is 15.2. The average molecular weight is 424 g/mol. The highest BCUT2D eigenvalue weighted by molar-refractivity contribution is 5.98. The van der Waals surface area contributed by atoms with Crippen LogP contribution < -0.4 is 15.4 Å². The Morgan fingerprint density at radius 2 is 1.86 bits per heavy atom. The predicted molar refractivity (Wildman–Crippen MR) is 92.0 cm³/mol. The molecule has 0 spiro atoms. The second kappa shape index (κ2) is 10.5. The van der Waals surface area contributed by atoms with Gasteiger partial charge in [-0.2, -0.15) is 26.3 Å². The van der Waals surface area contributed by atoms with E-state index in [2.05, 4.69) is 10.6 Å². The molecular weight excluding hydrogens is 406 g/mol. The molecule has 29 heavy (non-hydrogen) atoms. The van der Waals surface area contributed by atoms with Crippen LogP contribution >= 0.6 is 0 Å². The Labute approximate surface area is 162 Å². The van der Waals surface area contributed by atoms with Crippen molar-refractivity contribution in [1.82, 2.24) is 10.6 Å². The Bertz CT molecular complexity index is 770. The van der Waals surface area contributed by atoms with Crippen molar-refractivity contribution in [2.45, 2.75) is 25.2 Å². The fraction of sp³-hybridized carbons (Fsp3) is 0.333. The lowest BCUT2D eigenvalue weighted by molar-refractivity contribution is -0.138. The molecule has 0 fully saturated rings. The Morgan fingerprint density at radius 3 is 2.41 bits per heavy atom. The van der Waals surface area contributed by atoms with E-state index < -0.39 is 48.8 Å². The fourth-order valence-corrected chi connectivity index (χ4v) is 2.05. The van der Waals surface area contributed by atoms with Crippen LogP contribution in [0.3, 0.4) is 0 Å². The Balaban J connectivity index is 3.11. The molecule has 0 radical (unpaired) electrons. The lowest BCUT2D eigenvalue weighted by Crippen LogP contribution is -2.24. The number of hydrogen-bond donors (Lipinski definition) is 2. The first-order valence-corrected chi connectivity index (χ1v) is 8.19. The number of allylic oxidation sites excluding steroid dienone is 2. The molecule has 0 saturated carbocycles. The largest absolute Gasteiger partial charge is 0.493 e. The van der Waals surface area contributed by atoms with Gasteiger partial charge in [0.15, 0.2) is 0 Å². The van der Waals surface area contributed by atoms with Gasteiger partial charge in [-0.15, -0.1) is 0 Å². The van der Waals surface area contributed by atoms with Gasteiger partial charge in [0.05, 0.1) is 17.7 Å². The van der Waals surface area contributed by atoms with Gasteiger partial charge < -0.3 is 15.4 Å². The van der Waals surface area contributed by atoms with E-state index in [9.17, 15) is 35.9 Å². The van der Waals surface area contributed by atoms with Crippen LogP contribution in [0.15, 0.2) is 42.2 Å². The molecule has 2 N–H and O–H groups in total. The summed E-state index contributed by atoms with van der Waals surface area (Å²) in [5.74, 6) is -1.35. The lowest BCUT2D eigenvalue weighted by Gasteiger charge is -2.15. The standard InChI is InChI=1S/C18H18F6N2O3/c1-25-8-5-13(6-9-27)26-16(28)14-11-12(18(22,23)24)3-4-15(14)29-10-2-7-17(19,20)21/h3-6,8-9,11,25H,2,7,10H2,1H3,(H,26,28)/b8-5-,13-6+. The number of aldehydes is 1. The molecule has 1 amide bonds. The molecule has 1 aromatic carbocycles. The SMILES string of the molecule is CN/C=C\C(=C/C=O)NC(=O)c1cc(C(F)(F)F)ccc1OCCCC(F)(F)F. The second-order valence-corrected chi connectivity index (χ2v) is 5.61. The second-order valence-electron chi connectivity index (χ2n) is 5.61. The van der Waals surface area contributed by atoms with Crippen molar-refractivity contribution >= 4 is 12.2 Å². The van der Waals surface area contributed by atoms with E-state index in [1.807, 2.05) is 0 Å². The first-order valence-electron chi connectivity index (χ1n) is 8.19. The maximum absolute atomic E-state index is 13.0. The predicted octanol–water partition coefficient (Wildman–Crippen LogP) is 3.97. The van der Waals surface area contributed by atoms with Gasteiger partial charge in [-0.05, 0) is 36.9 Å². The molecule has 0 atom stereocenters. The minimum absolute atomic E-state index is 0.0280. The quantitative estimate of drug-likeness (QED) is 0.207. The Morgan fingerprint density at radius 1 is 1.17 bits per heavy atom. The number of carbonyl (C=O) groups excluding carboxylic acids is 2. The molecule has 5 nitrogen and oxygen atoms in total. The van der Waals surface area contributed by atoms with E-state index in [1.165, 1.54) is 19.3 Å². The topological polar surface area (TPSA) is 67.4 Å². The molecule has 160 valence electrons.